The van der Waals surface area contributed by atoms with Crippen LogP contribution in [0.25, 0.3) is 0 Å². The van der Waals surface area contributed by atoms with E-state index in [-0.39, 0.29) is 11.9 Å². The highest BCUT2D eigenvalue weighted by Crippen LogP contribution is 2.21. The van der Waals surface area contributed by atoms with E-state index >= 15 is 0 Å². The number of hydrogen-bond donors (Lipinski definition) is 1. The van der Waals surface area contributed by atoms with Crippen LogP contribution >= 0.6 is 15.9 Å². The Bertz CT molecular complexity index is 379. The first-order valence-electron chi connectivity index (χ1n) is 5.90. The molecule has 1 fully saturated rings. The van der Waals surface area contributed by atoms with Crippen LogP contribution in [0.5, 0.6) is 0 Å². The van der Waals surface area contributed by atoms with Gasteiger partial charge in [0, 0.05) is 24.1 Å². The van der Waals surface area contributed by atoms with Crippen molar-refractivity contribution in [3.63, 3.8) is 0 Å². The minimum atomic E-state index is -0.209. The number of benzene rings is 1. The van der Waals surface area contributed by atoms with Crippen LogP contribution in [0.2, 0.25) is 0 Å². The Labute approximate surface area is 110 Å². The molecule has 2 rings (SSSR count). The van der Waals surface area contributed by atoms with Gasteiger partial charge in [-0.1, -0.05) is 22.9 Å². The maximum atomic E-state index is 13.2. The minimum Gasteiger partial charge on any atom is -0.393 e. The van der Waals surface area contributed by atoms with E-state index in [0.717, 1.165) is 36.1 Å². The molecular formula is C13H17BrFNO. The average Bonchev–Trinajstić information content (AvgIpc) is 2.22. The van der Waals surface area contributed by atoms with Gasteiger partial charge in [-0.05, 0) is 36.1 Å². The lowest BCUT2D eigenvalue weighted by Gasteiger charge is -2.34. The summed E-state index contributed by atoms with van der Waals surface area (Å²) in [6, 6.07) is 4.98. The van der Waals surface area contributed by atoms with Crippen molar-refractivity contribution in [3.05, 3.63) is 34.1 Å². The monoisotopic (exact) mass is 301 g/mol. The molecule has 94 valence electrons. The molecule has 1 saturated heterocycles. The van der Waals surface area contributed by atoms with E-state index in [1.54, 1.807) is 6.07 Å². The van der Waals surface area contributed by atoms with Crippen molar-refractivity contribution in [2.24, 2.45) is 5.92 Å². The zero-order chi connectivity index (χ0) is 12.4. The van der Waals surface area contributed by atoms with Crippen LogP contribution in [0.1, 0.15) is 18.9 Å². The molecule has 4 heteroatoms. The molecule has 1 aliphatic heterocycles. The predicted octanol–water partition coefficient (Wildman–Crippen LogP) is 2.79. The van der Waals surface area contributed by atoms with Crippen LogP contribution < -0.4 is 0 Å². The van der Waals surface area contributed by atoms with Crippen LogP contribution in [-0.4, -0.2) is 29.2 Å². The van der Waals surface area contributed by atoms with Gasteiger partial charge >= 0.3 is 0 Å². The van der Waals surface area contributed by atoms with E-state index in [4.69, 9.17) is 0 Å². The Morgan fingerprint density at radius 1 is 1.47 bits per heavy atom. The van der Waals surface area contributed by atoms with E-state index in [1.165, 1.54) is 6.07 Å². The van der Waals surface area contributed by atoms with Crippen LogP contribution in [0.4, 0.5) is 4.39 Å². The van der Waals surface area contributed by atoms with Crippen molar-refractivity contribution in [1.82, 2.24) is 4.90 Å². The molecule has 1 heterocycles. The molecule has 0 radical (unpaired) electrons. The normalized spacial score (nSPS) is 26.1. The summed E-state index contributed by atoms with van der Waals surface area (Å²) in [5, 5.41) is 9.66. The summed E-state index contributed by atoms with van der Waals surface area (Å²) < 4.78 is 14.0. The highest BCUT2D eigenvalue weighted by atomic mass is 79.9. The van der Waals surface area contributed by atoms with Gasteiger partial charge < -0.3 is 5.11 Å². The van der Waals surface area contributed by atoms with Crippen molar-refractivity contribution < 1.29 is 9.50 Å². The van der Waals surface area contributed by atoms with Crippen molar-refractivity contribution in [3.8, 4) is 0 Å². The second kappa shape index (κ2) is 5.46. The SMILES string of the molecule is CC1CN(Cc2cc(F)cc(Br)c2)CCC1O. The zero-order valence-corrected chi connectivity index (χ0v) is 11.5. The summed E-state index contributed by atoms with van der Waals surface area (Å²) in [6.07, 6.45) is 0.614. The summed E-state index contributed by atoms with van der Waals surface area (Å²) in [4.78, 5) is 2.26. The minimum absolute atomic E-state index is 0.189. The maximum absolute atomic E-state index is 13.2. The summed E-state index contributed by atoms with van der Waals surface area (Å²) in [6.45, 7) is 4.54. The van der Waals surface area contributed by atoms with E-state index in [1.807, 2.05) is 6.07 Å². The van der Waals surface area contributed by atoms with Gasteiger partial charge in [-0.2, -0.15) is 0 Å². The van der Waals surface area contributed by atoms with Gasteiger partial charge in [0.25, 0.3) is 0 Å². The average molecular weight is 302 g/mol. The molecule has 0 aliphatic carbocycles. The van der Waals surface area contributed by atoms with Gasteiger partial charge in [-0.15, -0.1) is 0 Å². The Hall–Kier alpha value is -0.450. The molecule has 2 atom stereocenters. The fourth-order valence-electron chi connectivity index (χ4n) is 2.32. The first-order chi connectivity index (χ1) is 8.04. The molecule has 0 saturated carbocycles. The third-order valence-corrected chi connectivity index (χ3v) is 3.73. The highest BCUT2D eigenvalue weighted by Gasteiger charge is 2.24. The maximum Gasteiger partial charge on any atom is 0.124 e. The highest BCUT2D eigenvalue weighted by molar-refractivity contribution is 9.10. The van der Waals surface area contributed by atoms with Gasteiger partial charge in [0.1, 0.15) is 5.82 Å². The van der Waals surface area contributed by atoms with Gasteiger partial charge in [0.05, 0.1) is 6.10 Å². The Morgan fingerprint density at radius 2 is 2.24 bits per heavy atom. The Morgan fingerprint density at radius 3 is 2.88 bits per heavy atom. The lowest BCUT2D eigenvalue weighted by atomic mass is 9.96. The number of aliphatic hydroxyl groups excluding tert-OH is 1. The summed E-state index contributed by atoms with van der Waals surface area (Å²) >= 11 is 3.30. The van der Waals surface area contributed by atoms with E-state index < -0.39 is 0 Å². The molecular weight excluding hydrogens is 285 g/mol. The van der Waals surface area contributed by atoms with Crippen molar-refractivity contribution >= 4 is 15.9 Å². The molecule has 0 spiro atoms. The number of aliphatic hydroxyl groups is 1. The molecule has 0 amide bonds. The van der Waals surface area contributed by atoms with Crippen LogP contribution in [0, 0.1) is 11.7 Å². The number of rotatable bonds is 2. The summed E-state index contributed by atoms with van der Waals surface area (Å²) in [5.41, 5.74) is 0.973. The van der Waals surface area contributed by atoms with Crippen LogP contribution in [-0.2, 0) is 6.54 Å². The van der Waals surface area contributed by atoms with Gasteiger partial charge in [-0.3, -0.25) is 4.90 Å². The fourth-order valence-corrected chi connectivity index (χ4v) is 2.84. The zero-order valence-electron chi connectivity index (χ0n) is 9.87. The lowest BCUT2D eigenvalue weighted by Crippen LogP contribution is -2.41. The van der Waals surface area contributed by atoms with Crippen molar-refractivity contribution in [2.75, 3.05) is 13.1 Å². The molecule has 17 heavy (non-hydrogen) atoms. The molecule has 1 aromatic rings. The second-order valence-electron chi connectivity index (χ2n) is 4.85. The van der Waals surface area contributed by atoms with E-state index in [2.05, 4.69) is 27.8 Å². The van der Waals surface area contributed by atoms with Crippen molar-refractivity contribution in [2.45, 2.75) is 26.0 Å². The van der Waals surface area contributed by atoms with E-state index in [9.17, 15) is 9.50 Å². The summed E-state index contributed by atoms with van der Waals surface area (Å²) in [5.74, 6) is 0.0835. The topological polar surface area (TPSA) is 23.5 Å². The van der Waals surface area contributed by atoms with E-state index in [0.29, 0.717) is 5.92 Å². The third kappa shape index (κ3) is 3.50. The smallest absolute Gasteiger partial charge is 0.124 e. The largest absolute Gasteiger partial charge is 0.393 e. The van der Waals surface area contributed by atoms with Crippen molar-refractivity contribution in [1.29, 1.82) is 0 Å². The fraction of sp³-hybridized carbons (Fsp3) is 0.538. The molecule has 1 aromatic carbocycles. The third-order valence-electron chi connectivity index (χ3n) is 3.27. The molecule has 2 unspecified atom stereocenters. The first-order valence-corrected chi connectivity index (χ1v) is 6.69. The van der Waals surface area contributed by atoms with Gasteiger partial charge in [0.15, 0.2) is 0 Å². The first kappa shape index (κ1) is 13.0. The van der Waals surface area contributed by atoms with Gasteiger partial charge in [-0.25, -0.2) is 4.39 Å². The molecule has 0 aromatic heterocycles. The molecule has 1 N–H and O–H groups in total. The number of likely N-dealkylation sites (tertiary alicyclic amines) is 1. The molecule has 2 nitrogen and oxygen atoms in total. The molecule has 0 bridgehead atoms. The summed E-state index contributed by atoms with van der Waals surface area (Å²) in [7, 11) is 0. The second-order valence-corrected chi connectivity index (χ2v) is 5.76. The molecule has 1 aliphatic rings. The Balaban J connectivity index is 2.01. The number of halogens is 2. The quantitative estimate of drug-likeness (QED) is 0.908. The van der Waals surface area contributed by atoms with Gasteiger partial charge in [0.2, 0.25) is 0 Å². The number of nitrogens with zero attached hydrogens (tertiary/aromatic N) is 1. The lowest BCUT2D eigenvalue weighted by molar-refractivity contribution is 0.0320. The Kier molecular flexibility index (Phi) is 4.17. The van der Waals surface area contributed by atoms with Crippen LogP contribution in [0.15, 0.2) is 22.7 Å². The number of piperidine rings is 1. The standard InChI is InChI=1S/C13H17BrFNO/c1-9-7-16(3-2-13(9)17)8-10-4-11(14)6-12(15)5-10/h4-6,9,13,17H,2-3,7-8H2,1H3. The predicted molar refractivity (Wildman–Crippen MR) is 69.2 cm³/mol. The van der Waals surface area contributed by atoms with Crippen LogP contribution in [0.3, 0.4) is 0 Å². The number of hydrogen-bond acceptors (Lipinski definition) is 2.